The quantitative estimate of drug-likeness (QED) is 0.526. The number of hydrogen-bond donors (Lipinski definition) is 1. The minimum atomic E-state index is -3.53. The summed E-state index contributed by atoms with van der Waals surface area (Å²) in [5.41, 5.74) is 0.643. The minimum absolute atomic E-state index is 0.153. The molecule has 0 radical (unpaired) electrons. The number of benzene rings is 1. The van der Waals surface area contributed by atoms with E-state index in [0.717, 1.165) is 11.3 Å². The lowest BCUT2D eigenvalue weighted by Crippen LogP contribution is -2.37. The summed E-state index contributed by atoms with van der Waals surface area (Å²) in [6, 6.07) is 6.48. The molecule has 7 nitrogen and oxygen atoms in total. The number of methoxy groups -OCH3 is 1. The van der Waals surface area contributed by atoms with Crippen LogP contribution in [0.4, 0.5) is 0 Å². The van der Waals surface area contributed by atoms with Crippen LogP contribution in [0.15, 0.2) is 24.3 Å². The Morgan fingerprint density at radius 3 is 2.26 bits per heavy atom. The molecule has 8 heteroatoms. The van der Waals surface area contributed by atoms with Crippen LogP contribution in [0.2, 0.25) is 0 Å². The number of nitrogens with zero attached hydrogens (tertiary/aromatic N) is 1. The molecule has 1 N–H and O–H groups in total. The van der Waals surface area contributed by atoms with Crippen molar-refractivity contribution >= 4 is 21.8 Å². The topological polar surface area (TPSA) is 92.8 Å². The van der Waals surface area contributed by atoms with E-state index < -0.39 is 21.8 Å². The van der Waals surface area contributed by atoms with Crippen LogP contribution in [0.3, 0.4) is 0 Å². The molecule has 0 atom stereocenters. The number of amides is 2. The van der Waals surface area contributed by atoms with Gasteiger partial charge in [-0.25, -0.2) is 13.1 Å². The summed E-state index contributed by atoms with van der Waals surface area (Å²) in [7, 11) is -1.94. The highest BCUT2D eigenvalue weighted by molar-refractivity contribution is 7.89. The maximum Gasteiger partial charge on any atom is 0.261 e. The Hall–Kier alpha value is -1.77. The van der Waals surface area contributed by atoms with Crippen molar-refractivity contribution in [2.45, 2.75) is 12.8 Å². The predicted molar refractivity (Wildman–Crippen MR) is 84.7 cm³/mol. The molecule has 0 bridgehead atoms. The molecule has 23 heavy (non-hydrogen) atoms. The van der Waals surface area contributed by atoms with Crippen LogP contribution in [-0.4, -0.2) is 57.7 Å². The molecular weight excluding hydrogens is 320 g/mol. The van der Waals surface area contributed by atoms with Gasteiger partial charge in [0.1, 0.15) is 0 Å². The molecule has 1 aromatic carbocycles. The van der Waals surface area contributed by atoms with E-state index in [1.807, 2.05) is 0 Å². The van der Waals surface area contributed by atoms with E-state index in [1.54, 1.807) is 31.4 Å². The second kappa shape index (κ2) is 7.67. The highest BCUT2D eigenvalue weighted by Gasteiger charge is 2.35. The molecule has 0 saturated carbocycles. The first kappa shape index (κ1) is 17.6. The van der Waals surface area contributed by atoms with Crippen LogP contribution >= 0.6 is 0 Å². The molecule has 2 rings (SSSR count). The Morgan fingerprint density at radius 2 is 1.70 bits per heavy atom. The summed E-state index contributed by atoms with van der Waals surface area (Å²) < 4.78 is 31.2. The Bertz CT molecular complexity index is 652. The number of carbonyl (C=O) groups is 2. The van der Waals surface area contributed by atoms with Crippen molar-refractivity contribution in [2.75, 3.05) is 32.6 Å². The summed E-state index contributed by atoms with van der Waals surface area (Å²) in [6.45, 7) is 0.740. The second-order valence-corrected chi connectivity index (χ2v) is 7.15. The van der Waals surface area contributed by atoms with Gasteiger partial charge >= 0.3 is 0 Å². The van der Waals surface area contributed by atoms with Gasteiger partial charge in [-0.3, -0.25) is 14.5 Å². The molecule has 0 fully saturated rings. The lowest BCUT2D eigenvalue weighted by molar-refractivity contribution is 0.0664. The second-order valence-electron chi connectivity index (χ2n) is 5.22. The molecular formula is C15H20N2O5S. The number of unbranched alkanes of at least 4 members (excludes halogenated alkanes) is 1. The highest BCUT2D eigenvalue weighted by atomic mass is 32.2. The zero-order valence-corrected chi connectivity index (χ0v) is 13.8. The average molecular weight is 340 g/mol. The number of rotatable bonds is 9. The Morgan fingerprint density at radius 1 is 1.09 bits per heavy atom. The van der Waals surface area contributed by atoms with Crippen LogP contribution in [0.1, 0.15) is 33.6 Å². The van der Waals surface area contributed by atoms with E-state index in [9.17, 15) is 18.0 Å². The van der Waals surface area contributed by atoms with E-state index in [-0.39, 0.29) is 12.3 Å². The van der Waals surface area contributed by atoms with Gasteiger partial charge in [-0.1, -0.05) is 12.1 Å². The van der Waals surface area contributed by atoms with E-state index in [2.05, 4.69) is 4.72 Å². The Kier molecular flexibility index (Phi) is 5.86. The van der Waals surface area contributed by atoms with Gasteiger partial charge in [0.2, 0.25) is 10.0 Å². The van der Waals surface area contributed by atoms with E-state index in [1.165, 1.54) is 0 Å². The third kappa shape index (κ3) is 4.37. The first-order chi connectivity index (χ1) is 11.0. The number of carbonyl (C=O) groups excluding carboxylic acids is 2. The zero-order chi connectivity index (χ0) is 16.9. The van der Waals surface area contributed by atoms with E-state index in [0.29, 0.717) is 30.7 Å². The maximum atomic E-state index is 12.1. The summed E-state index contributed by atoms with van der Waals surface area (Å²) in [5.74, 6) is -1.19. The Labute approximate surface area is 135 Å². The monoisotopic (exact) mass is 340 g/mol. The van der Waals surface area contributed by atoms with Crippen LogP contribution in [-0.2, 0) is 14.8 Å². The predicted octanol–water partition coefficient (Wildman–Crippen LogP) is 0.629. The summed E-state index contributed by atoms with van der Waals surface area (Å²) >= 11 is 0. The smallest absolute Gasteiger partial charge is 0.261 e. The van der Waals surface area contributed by atoms with Crippen molar-refractivity contribution in [3.8, 4) is 0 Å². The van der Waals surface area contributed by atoms with Gasteiger partial charge in [0.25, 0.3) is 11.8 Å². The molecule has 1 aliphatic rings. The molecule has 1 heterocycles. The van der Waals surface area contributed by atoms with Crippen LogP contribution in [0.25, 0.3) is 0 Å². The SMILES string of the molecule is COCCCCNS(=O)(=O)CCN1C(=O)c2ccccc2C1=O. The van der Waals surface area contributed by atoms with Gasteiger partial charge in [-0.15, -0.1) is 0 Å². The molecule has 1 aliphatic heterocycles. The number of sulfonamides is 1. The van der Waals surface area contributed by atoms with E-state index in [4.69, 9.17) is 4.74 Å². The fourth-order valence-corrected chi connectivity index (χ4v) is 3.35. The molecule has 0 unspecified atom stereocenters. The number of imide groups is 1. The van der Waals surface area contributed by atoms with Gasteiger partial charge in [0, 0.05) is 26.8 Å². The molecule has 0 aliphatic carbocycles. The zero-order valence-electron chi connectivity index (χ0n) is 12.9. The molecule has 0 spiro atoms. The number of ether oxygens (including phenoxy) is 1. The normalized spacial score (nSPS) is 14.4. The standard InChI is InChI=1S/C15H20N2O5S/c1-22-10-5-4-8-16-23(20,21)11-9-17-14(18)12-6-2-3-7-13(12)15(17)19/h2-3,6-7,16H,4-5,8-11H2,1H3. The summed E-state index contributed by atoms with van der Waals surface area (Å²) in [5, 5.41) is 0. The third-order valence-corrected chi connectivity index (χ3v) is 4.92. The van der Waals surface area contributed by atoms with Gasteiger partial charge in [0.05, 0.1) is 16.9 Å². The largest absolute Gasteiger partial charge is 0.385 e. The molecule has 2 amide bonds. The van der Waals surface area contributed by atoms with E-state index >= 15 is 0 Å². The van der Waals surface area contributed by atoms with Crippen LogP contribution in [0.5, 0.6) is 0 Å². The van der Waals surface area contributed by atoms with Crippen molar-refractivity contribution in [3.63, 3.8) is 0 Å². The third-order valence-electron chi connectivity index (χ3n) is 3.56. The van der Waals surface area contributed by atoms with Crippen molar-refractivity contribution in [3.05, 3.63) is 35.4 Å². The molecule has 0 aromatic heterocycles. The van der Waals surface area contributed by atoms with Gasteiger partial charge < -0.3 is 4.74 Å². The molecule has 126 valence electrons. The summed E-state index contributed by atoms with van der Waals surface area (Å²) in [4.78, 5) is 25.2. The van der Waals surface area contributed by atoms with Crippen molar-refractivity contribution < 1.29 is 22.7 Å². The fraction of sp³-hybridized carbons (Fsp3) is 0.467. The molecule has 1 aromatic rings. The average Bonchev–Trinajstić information content (AvgIpc) is 2.77. The highest BCUT2D eigenvalue weighted by Crippen LogP contribution is 2.22. The minimum Gasteiger partial charge on any atom is -0.385 e. The lowest BCUT2D eigenvalue weighted by Gasteiger charge is -2.14. The lowest BCUT2D eigenvalue weighted by atomic mass is 10.1. The Balaban J connectivity index is 1.86. The summed E-state index contributed by atoms with van der Waals surface area (Å²) in [6.07, 6.45) is 1.43. The van der Waals surface area contributed by atoms with Crippen molar-refractivity contribution in [1.29, 1.82) is 0 Å². The van der Waals surface area contributed by atoms with Crippen molar-refractivity contribution in [1.82, 2.24) is 9.62 Å². The van der Waals surface area contributed by atoms with Gasteiger partial charge in [-0.2, -0.15) is 0 Å². The van der Waals surface area contributed by atoms with Crippen molar-refractivity contribution in [2.24, 2.45) is 0 Å². The molecule has 0 saturated heterocycles. The van der Waals surface area contributed by atoms with Crippen LogP contribution in [0, 0.1) is 0 Å². The fourth-order valence-electron chi connectivity index (χ4n) is 2.32. The van der Waals surface area contributed by atoms with Crippen LogP contribution < -0.4 is 4.72 Å². The van der Waals surface area contributed by atoms with Gasteiger partial charge in [0.15, 0.2) is 0 Å². The number of nitrogens with one attached hydrogen (secondary N) is 1. The first-order valence-electron chi connectivity index (χ1n) is 7.38. The first-order valence-corrected chi connectivity index (χ1v) is 9.03. The maximum absolute atomic E-state index is 12.1. The number of hydrogen-bond acceptors (Lipinski definition) is 5. The van der Waals surface area contributed by atoms with Gasteiger partial charge in [-0.05, 0) is 25.0 Å². The number of fused-ring (bicyclic) bond motifs is 1.